The third kappa shape index (κ3) is 2.80. The van der Waals surface area contributed by atoms with Gasteiger partial charge in [-0.1, -0.05) is 18.2 Å². The zero-order valence-corrected chi connectivity index (χ0v) is 11.4. The Morgan fingerprint density at radius 2 is 2.25 bits per heavy atom. The fourth-order valence-corrected chi connectivity index (χ4v) is 2.75. The van der Waals surface area contributed by atoms with Crippen molar-refractivity contribution in [1.29, 1.82) is 0 Å². The van der Waals surface area contributed by atoms with E-state index in [1.807, 2.05) is 30.3 Å². The van der Waals surface area contributed by atoms with Crippen molar-refractivity contribution in [3.05, 3.63) is 42.1 Å². The molecule has 0 aliphatic carbocycles. The SMILES string of the molecule is O=C(NCC[C@H]1CCCN1)c1cccc2cccnc12. The predicted octanol–water partition coefficient (Wildman–Crippen LogP) is 2.11. The van der Waals surface area contributed by atoms with Crippen LogP contribution in [0.15, 0.2) is 36.5 Å². The highest BCUT2D eigenvalue weighted by atomic mass is 16.1. The minimum atomic E-state index is -0.0349. The molecule has 4 nitrogen and oxygen atoms in total. The zero-order chi connectivity index (χ0) is 13.8. The van der Waals surface area contributed by atoms with Gasteiger partial charge in [0.2, 0.25) is 0 Å². The molecule has 1 saturated heterocycles. The molecule has 3 rings (SSSR count). The summed E-state index contributed by atoms with van der Waals surface area (Å²) in [6.07, 6.45) is 5.17. The fourth-order valence-electron chi connectivity index (χ4n) is 2.75. The maximum atomic E-state index is 12.3. The summed E-state index contributed by atoms with van der Waals surface area (Å²) in [5, 5.41) is 7.43. The number of hydrogen-bond acceptors (Lipinski definition) is 3. The van der Waals surface area contributed by atoms with Crippen LogP contribution in [0.4, 0.5) is 0 Å². The molecule has 0 saturated carbocycles. The Morgan fingerprint density at radius 3 is 3.10 bits per heavy atom. The Hall–Kier alpha value is -1.94. The highest BCUT2D eigenvalue weighted by Crippen LogP contribution is 2.15. The van der Waals surface area contributed by atoms with Crippen LogP contribution >= 0.6 is 0 Å². The van der Waals surface area contributed by atoms with Crippen LogP contribution in [-0.2, 0) is 0 Å². The van der Waals surface area contributed by atoms with Crippen LogP contribution in [0.1, 0.15) is 29.6 Å². The van der Waals surface area contributed by atoms with Gasteiger partial charge in [-0.15, -0.1) is 0 Å². The first-order chi connectivity index (χ1) is 9.84. The van der Waals surface area contributed by atoms with Gasteiger partial charge in [0.1, 0.15) is 0 Å². The maximum Gasteiger partial charge on any atom is 0.253 e. The van der Waals surface area contributed by atoms with Crippen LogP contribution in [0, 0.1) is 0 Å². The van der Waals surface area contributed by atoms with Crippen molar-refractivity contribution in [2.45, 2.75) is 25.3 Å². The second-order valence-electron chi connectivity index (χ2n) is 5.22. The number of carbonyl (C=O) groups excluding carboxylic acids is 1. The molecule has 1 aliphatic heterocycles. The van der Waals surface area contributed by atoms with Crippen molar-refractivity contribution < 1.29 is 4.79 Å². The summed E-state index contributed by atoms with van der Waals surface area (Å²) < 4.78 is 0. The Kier molecular flexibility index (Phi) is 3.92. The fraction of sp³-hybridized carbons (Fsp3) is 0.375. The van der Waals surface area contributed by atoms with E-state index in [9.17, 15) is 4.79 Å². The molecule has 20 heavy (non-hydrogen) atoms. The van der Waals surface area contributed by atoms with Crippen molar-refractivity contribution in [2.75, 3.05) is 13.1 Å². The molecule has 1 amide bonds. The zero-order valence-electron chi connectivity index (χ0n) is 11.4. The number of pyridine rings is 1. The van der Waals surface area contributed by atoms with E-state index in [0.29, 0.717) is 18.2 Å². The third-order valence-corrected chi connectivity index (χ3v) is 3.82. The summed E-state index contributed by atoms with van der Waals surface area (Å²) >= 11 is 0. The van der Waals surface area contributed by atoms with Gasteiger partial charge in [0.15, 0.2) is 0 Å². The molecule has 0 spiro atoms. The predicted molar refractivity (Wildman–Crippen MR) is 79.7 cm³/mol. The second-order valence-corrected chi connectivity index (χ2v) is 5.22. The number of benzene rings is 1. The van der Waals surface area contributed by atoms with Crippen molar-refractivity contribution in [3.63, 3.8) is 0 Å². The van der Waals surface area contributed by atoms with Crippen molar-refractivity contribution >= 4 is 16.8 Å². The van der Waals surface area contributed by atoms with Crippen molar-refractivity contribution in [3.8, 4) is 0 Å². The summed E-state index contributed by atoms with van der Waals surface area (Å²) in [5.41, 5.74) is 1.42. The first-order valence-corrected chi connectivity index (χ1v) is 7.20. The van der Waals surface area contributed by atoms with Crippen LogP contribution in [0.2, 0.25) is 0 Å². The van der Waals surface area contributed by atoms with Crippen molar-refractivity contribution in [2.24, 2.45) is 0 Å². The number of para-hydroxylation sites is 1. The van der Waals surface area contributed by atoms with E-state index >= 15 is 0 Å². The molecule has 2 heterocycles. The van der Waals surface area contributed by atoms with Crippen LogP contribution in [0.3, 0.4) is 0 Å². The average Bonchev–Trinajstić information content (AvgIpc) is 3.00. The normalized spacial score (nSPS) is 18.3. The second kappa shape index (κ2) is 6.01. The first-order valence-electron chi connectivity index (χ1n) is 7.20. The highest BCUT2D eigenvalue weighted by Gasteiger charge is 2.15. The van der Waals surface area contributed by atoms with Crippen molar-refractivity contribution in [1.82, 2.24) is 15.6 Å². The molecule has 1 aromatic heterocycles. The number of amides is 1. The van der Waals surface area contributed by atoms with Gasteiger partial charge < -0.3 is 10.6 Å². The molecule has 1 atom stereocenters. The van der Waals surface area contributed by atoms with E-state index in [0.717, 1.165) is 23.9 Å². The van der Waals surface area contributed by atoms with Gasteiger partial charge in [0.05, 0.1) is 11.1 Å². The molecule has 0 unspecified atom stereocenters. The molecule has 104 valence electrons. The lowest BCUT2D eigenvalue weighted by Gasteiger charge is -2.11. The summed E-state index contributed by atoms with van der Waals surface area (Å²) in [7, 11) is 0. The minimum absolute atomic E-state index is 0.0349. The van der Waals surface area contributed by atoms with E-state index in [1.165, 1.54) is 12.8 Å². The summed E-state index contributed by atoms with van der Waals surface area (Å²) in [6.45, 7) is 1.81. The van der Waals surface area contributed by atoms with Gasteiger partial charge in [-0.3, -0.25) is 9.78 Å². The lowest BCUT2D eigenvalue weighted by molar-refractivity contribution is 0.0954. The molecular weight excluding hydrogens is 250 g/mol. The minimum Gasteiger partial charge on any atom is -0.352 e. The molecule has 0 bridgehead atoms. The number of nitrogens with one attached hydrogen (secondary N) is 2. The number of fused-ring (bicyclic) bond motifs is 1. The molecule has 1 aliphatic rings. The van der Waals surface area contributed by atoms with E-state index < -0.39 is 0 Å². The van der Waals surface area contributed by atoms with Crippen LogP contribution in [-0.4, -0.2) is 30.0 Å². The van der Waals surface area contributed by atoms with Crippen LogP contribution in [0.5, 0.6) is 0 Å². The smallest absolute Gasteiger partial charge is 0.253 e. The van der Waals surface area contributed by atoms with Gasteiger partial charge in [0, 0.05) is 24.2 Å². The molecule has 4 heteroatoms. The van der Waals surface area contributed by atoms with Gasteiger partial charge in [0.25, 0.3) is 5.91 Å². The largest absolute Gasteiger partial charge is 0.352 e. The molecular formula is C16H19N3O. The number of nitrogens with zero attached hydrogens (tertiary/aromatic N) is 1. The molecule has 1 fully saturated rings. The van der Waals surface area contributed by atoms with Crippen LogP contribution in [0.25, 0.3) is 10.9 Å². The number of rotatable bonds is 4. The number of carbonyl (C=O) groups is 1. The lowest BCUT2D eigenvalue weighted by atomic mass is 10.1. The number of hydrogen-bond donors (Lipinski definition) is 2. The van der Waals surface area contributed by atoms with E-state index in [2.05, 4.69) is 15.6 Å². The first kappa shape index (κ1) is 13.1. The molecule has 2 N–H and O–H groups in total. The third-order valence-electron chi connectivity index (χ3n) is 3.82. The Balaban J connectivity index is 1.66. The Labute approximate surface area is 118 Å². The lowest BCUT2D eigenvalue weighted by Crippen LogP contribution is -2.30. The summed E-state index contributed by atoms with van der Waals surface area (Å²) in [4.78, 5) is 16.6. The summed E-state index contributed by atoms with van der Waals surface area (Å²) in [5.74, 6) is -0.0349. The number of aromatic nitrogens is 1. The van der Waals surface area contributed by atoms with E-state index in [4.69, 9.17) is 0 Å². The van der Waals surface area contributed by atoms with Gasteiger partial charge >= 0.3 is 0 Å². The maximum absolute atomic E-state index is 12.3. The summed E-state index contributed by atoms with van der Waals surface area (Å²) in [6, 6.07) is 10.1. The Bertz CT molecular complexity index is 600. The molecule has 2 aromatic rings. The standard InChI is InChI=1S/C16H19N3O/c20-16(19-11-8-13-6-3-9-17-13)14-7-1-4-12-5-2-10-18-15(12)14/h1-2,4-5,7,10,13,17H,3,6,8-9,11H2,(H,19,20)/t13-/m1/s1. The topological polar surface area (TPSA) is 54.0 Å². The van der Waals surface area contributed by atoms with Crippen LogP contribution < -0.4 is 10.6 Å². The van der Waals surface area contributed by atoms with Gasteiger partial charge in [-0.05, 0) is 37.9 Å². The van der Waals surface area contributed by atoms with E-state index in [-0.39, 0.29) is 5.91 Å². The Morgan fingerprint density at radius 1 is 1.35 bits per heavy atom. The molecule has 1 aromatic carbocycles. The van der Waals surface area contributed by atoms with Gasteiger partial charge in [-0.25, -0.2) is 0 Å². The monoisotopic (exact) mass is 269 g/mol. The van der Waals surface area contributed by atoms with Gasteiger partial charge in [-0.2, -0.15) is 0 Å². The van der Waals surface area contributed by atoms with E-state index in [1.54, 1.807) is 6.20 Å². The highest BCUT2D eigenvalue weighted by molar-refractivity contribution is 6.05. The average molecular weight is 269 g/mol. The molecule has 0 radical (unpaired) electrons. The quantitative estimate of drug-likeness (QED) is 0.893.